The fourth-order valence-electron chi connectivity index (χ4n) is 3.77. The molecule has 0 radical (unpaired) electrons. The van der Waals surface area contributed by atoms with Gasteiger partial charge in [0.15, 0.2) is 0 Å². The van der Waals surface area contributed by atoms with Gasteiger partial charge in [0.1, 0.15) is 0 Å². The molecule has 1 aliphatic rings. The molecule has 1 amide bonds. The summed E-state index contributed by atoms with van der Waals surface area (Å²) < 4.78 is 16.2. The molecule has 1 heterocycles. The summed E-state index contributed by atoms with van der Waals surface area (Å²) >= 11 is 0. The van der Waals surface area contributed by atoms with E-state index in [1.54, 1.807) is 12.1 Å². The quantitative estimate of drug-likeness (QED) is 0.358. The van der Waals surface area contributed by atoms with E-state index < -0.39 is 12.8 Å². The van der Waals surface area contributed by atoms with E-state index in [0.29, 0.717) is 44.2 Å². The highest BCUT2D eigenvalue weighted by Gasteiger charge is 2.36. The Morgan fingerprint density at radius 1 is 1.13 bits per heavy atom. The van der Waals surface area contributed by atoms with Crippen molar-refractivity contribution in [1.29, 1.82) is 0 Å². The smallest absolute Gasteiger partial charge is 0.341 e. The Kier molecular flexibility index (Phi) is 9.37. The van der Waals surface area contributed by atoms with Gasteiger partial charge in [-0.25, -0.2) is 4.79 Å². The molecule has 1 aromatic rings. The summed E-state index contributed by atoms with van der Waals surface area (Å²) in [6.45, 7) is 7.44. The SMILES string of the molecule is CCOB1Cc2c(cccc2C(=O)OCOC(=O)C(CC)CC)C[C@@H]1NC(=O)CC. The van der Waals surface area contributed by atoms with E-state index in [2.05, 4.69) is 5.32 Å². The van der Waals surface area contributed by atoms with Crippen LogP contribution >= 0.6 is 0 Å². The Bertz CT molecular complexity index is 749. The van der Waals surface area contributed by atoms with Crippen molar-refractivity contribution >= 4 is 24.8 Å². The Labute approximate surface area is 178 Å². The van der Waals surface area contributed by atoms with Crippen LogP contribution in [0.2, 0.25) is 0 Å². The number of fused-ring (bicyclic) bond motifs is 1. The highest BCUT2D eigenvalue weighted by molar-refractivity contribution is 6.54. The molecule has 0 aliphatic carbocycles. The van der Waals surface area contributed by atoms with Crippen LogP contribution in [-0.2, 0) is 36.5 Å². The van der Waals surface area contributed by atoms with Gasteiger partial charge in [-0.05, 0) is 49.7 Å². The Balaban J connectivity index is 2.09. The van der Waals surface area contributed by atoms with Crippen LogP contribution in [0.25, 0.3) is 0 Å². The normalized spacial score (nSPS) is 15.5. The molecular formula is C22H32BNO6. The third-order valence-electron chi connectivity index (χ3n) is 5.55. The van der Waals surface area contributed by atoms with Crippen LogP contribution in [-0.4, -0.2) is 44.1 Å². The number of benzene rings is 1. The summed E-state index contributed by atoms with van der Waals surface area (Å²) in [5, 5.41) is 3.02. The zero-order chi connectivity index (χ0) is 22.1. The second-order valence-corrected chi connectivity index (χ2v) is 7.40. The summed E-state index contributed by atoms with van der Waals surface area (Å²) in [6, 6.07) is 5.45. The van der Waals surface area contributed by atoms with E-state index >= 15 is 0 Å². The molecule has 0 saturated carbocycles. The van der Waals surface area contributed by atoms with E-state index in [1.165, 1.54) is 0 Å². The number of carbonyl (C=O) groups is 3. The van der Waals surface area contributed by atoms with E-state index in [0.717, 1.165) is 11.1 Å². The number of rotatable bonds is 10. The fourth-order valence-corrected chi connectivity index (χ4v) is 3.77. The number of nitrogens with one attached hydrogen (secondary N) is 1. The molecule has 8 heteroatoms. The van der Waals surface area contributed by atoms with Crippen molar-refractivity contribution in [2.24, 2.45) is 5.92 Å². The molecule has 1 aliphatic heterocycles. The van der Waals surface area contributed by atoms with Crippen molar-refractivity contribution in [2.75, 3.05) is 13.4 Å². The molecule has 1 aromatic carbocycles. The second-order valence-electron chi connectivity index (χ2n) is 7.40. The number of ether oxygens (including phenoxy) is 2. The zero-order valence-corrected chi connectivity index (χ0v) is 18.4. The minimum atomic E-state index is -0.532. The number of carbonyl (C=O) groups excluding carboxylic acids is 3. The maximum Gasteiger partial charge on any atom is 0.341 e. The Morgan fingerprint density at radius 2 is 1.87 bits per heavy atom. The summed E-state index contributed by atoms with van der Waals surface area (Å²) in [6.07, 6.45) is 2.85. The average Bonchev–Trinajstić information content (AvgIpc) is 2.74. The zero-order valence-electron chi connectivity index (χ0n) is 18.4. The van der Waals surface area contributed by atoms with Crippen molar-refractivity contribution in [3.05, 3.63) is 34.9 Å². The second kappa shape index (κ2) is 11.7. The standard InChI is InChI=1S/C22H32BNO6/c1-5-15(6-2)21(26)28-14-29-22(27)17-11-9-10-16-12-19(24-20(25)7-3)23(30-8-4)13-18(16)17/h9-11,15,19H,5-8,12-14H2,1-4H3,(H,24,25)/t19-/m0/s1. The number of hydrogen-bond donors (Lipinski definition) is 1. The predicted molar refractivity (Wildman–Crippen MR) is 114 cm³/mol. The molecule has 164 valence electrons. The van der Waals surface area contributed by atoms with Gasteiger partial charge in [0.2, 0.25) is 12.7 Å². The van der Waals surface area contributed by atoms with Crippen LogP contribution in [0.3, 0.4) is 0 Å². The third kappa shape index (κ3) is 6.08. The molecule has 0 bridgehead atoms. The lowest BCUT2D eigenvalue weighted by Gasteiger charge is -2.31. The molecular weight excluding hydrogens is 385 g/mol. The molecule has 1 atom stereocenters. The van der Waals surface area contributed by atoms with Crippen LogP contribution in [0.5, 0.6) is 0 Å². The van der Waals surface area contributed by atoms with E-state index in [-0.39, 0.29) is 30.7 Å². The number of hydrogen-bond acceptors (Lipinski definition) is 6. The number of amides is 1. The molecule has 0 saturated heterocycles. The Morgan fingerprint density at radius 3 is 2.50 bits per heavy atom. The molecule has 7 nitrogen and oxygen atoms in total. The molecule has 0 fully saturated rings. The van der Waals surface area contributed by atoms with Gasteiger partial charge in [0, 0.05) is 19.0 Å². The van der Waals surface area contributed by atoms with E-state index in [9.17, 15) is 14.4 Å². The van der Waals surface area contributed by atoms with Gasteiger partial charge in [-0.3, -0.25) is 9.59 Å². The lowest BCUT2D eigenvalue weighted by atomic mass is 9.50. The monoisotopic (exact) mass is 417 g/mol. The van der Waals surface area contributed by atoms with Gasteiger partial charge in [0.05, 0.1) is 11.5 Å². The van der Waals surface area contributed by atoms with Crippen LogP contribution in [0, 0.1) is 5.92 Å². The lowest BCUT2D eigenvalue weighted by molar-refractivity contribution is -0.157. The highest BCUT2D eigenvalue weighted by Crippen LogP contribution is 2.26. The minimum Gasteiger partial charge on any atom is -0.433 e. The summed E-state index contributed by atoms with van der Waals surface area (Å²) in [5.74, 6) is -1.24. The maximum atomic E-state index is 12.7. The van der Waals surface area contributed by atoms with Gasteiger partial charge < -0.3 is 19.4 Å². The predicted octanol–water partition coefficient (Wildman–Crippen LogP) is 2.88. The van der Waals surface area contributed by atoms with Gasteiger partial charge in [-0.1, -0.05) is 32.9 Å². The van der Waals surface area contributed by atoms with Gasteiger partial charge in [0.25, 0.3) is 0 Å². The van der Waals surface area contributed by atoms with Crippen molar-refractivity contribution in [3.8, 4) is 0 Å². The van der Waals surface area contributed by atoms with Gasteiger partial charge in [-0.2, -0.15) is 0 Å². The maximum absolute atomic E-state index is 12.7. The highest BCUT2D eigenvalue weighted by atomic mass is 16.7. The minimum absolute atomic E-state index is 0.0250. The third-order valence-corrected chi connectivity index (χ3v) is 5.55. The van der Waals surface area contributed by atoms with Crippen LogP contribution < -0.4 is 5.32 Å². The first kappa shape index (κ1) is 23.9. The van der Waals surface area contributed by atoms with Crippen LogP contribution in [0.15, 0.2) is 18.2 Å². The molecule has 0 spiro atoms. The molecule has 30 heavy (non-hydrogen) atoms. The first-order chi connectivity index (χ1) is 14.4. The lowest BCUT2D eigenvalue weighted by Crippen LogP contribution is -2.52. The van der Waals surface area contributed by atoms with Crippen molar-refractivity contribution < 1.29 is 28.5 Å². The molecule has 0 aromatic heterocycles. The summed E-state index contributed by atoms with van der Waals surface area (Å²) in [7, 11) is 0. The van der Waals surface area contributed by atoms with E-state index in [1.807, 2.05) is 33.8 Å². The van der Waals surface area contributed by atoms with Crippen molar-refractivity contribution in [1.82, 2.24) is 5.32 Å². The molecule has 1 N–H and O–H groups in total. The summed E-state index contributed by atoms with van der Waals surface area (Å²) in [4.78, 5) is 36.5. The van der Waals surface area contributed by atoms with Crippen molar-refractivity contribution in [3.63, 3.8) is 0 Å². The summed E-state index contributed by atoms with van der Waals surface area (Å²) in [5.41, 5.74) is 2.28. The van der Waals surface area contributed by atoms with Gasteiger partial charge in [-0.15, -0.1) is 0 Å². The largest absolute Gasteiger partial charge is 0.433 e. The molecule has 2 rings (SSSR count). The van der Waals surface area contributed by atoms with Crippen molar-refractivity contribution in [2.45, 2.75) is 65.6 Å². The topological polar surface area (TPSA) is 90.9 Å². The first-order valence-corrected chi connectivity index (χ1v) is 10.8. The van der Waals surface area contributed by atoms with Gasteiger partial charge >= 0.3 is 18.9 Å². The van der Waals surface area contributed by atoms with Crippen LogP contribution in [0.4, 0.5) is 0 Å². The number of esters is 2. The van der Waals surface area contributed by atoms with Crippen LogP contribution in [0.1, 0.15) is 68.4 Å². The first-order valence-electron chi connectivity index (χ1n) is 10.8. The molecule has 0 unspecified atom stereocenters. The fraction of sp³-hybridized carbons (Fsp3) is 0.591. The average molecular weight is 417 g/mol. The Hall–Kier alpha value is -2.35. The van der Waals surface area contributed by atoms with E-state index in [4.69, 9.17) is 14.1 Å².